The summed E-state index contributed by atoms with van der Waals surface area (Å²) >= 11 is 0. The molecule has 0 bridgehead atoms. The van der Waals surface area contributed by atoms with E-state index in [4.69, 9.17) is 0 Å². The van der Waals surface area contributed by atoms with Crippen LogP contribution < -0.4 is 0 Å². The van der Waals surface area contributed by atoms with E-state index in [0.717, 1.165) is 0 Å². The van der Waals surface area contributed by atoms with Crippen LogP contribution in [0.5, 0.6) is 0 Å². The summed E-state index contributed by atoms with van der Waals surface area (Å²) < 4.78 is 0. The van der Waals surface area contributed by atoms with Gasteiger partial charge in [0.15, 0.2) is 0 Å². The van der Waals surface area contributed by atoms with E-state index in [1.54, 1.807) is 0 Å². The Kier molecular flexibility index (Phi) is 7.93. The van der Waals surface area contributed by atoms with E-state index < -0.39 is 0 Å². The lowest BCUT2D eigenvalue weighted by Crippen LogP contribution is -1.93. The first-order chi connectivity index (χ1) is 26.8. The summed E-state index contributed by atoms with van der Waals surface area (Å²) in [4.78, 5) is 0. The smallest absolute Gasteiger partial charge is 0.00261 e. The summed E-state index contributed by atoms with van der Waals surface area (Å²) in [7, 11) is 0. The summed E-state index contributed by atoms with van der Waals surface area (Å²) in [6.45, 7) is 0. The standard InChI is InChI=1S/C54H36/c1-3-15-37(16-4-1)41-21-13-23-44(34-41)47-32-31-46(36-52(47)45-24-14-22-42(35-45)43-30-29-38-17-7-8-20-40(38)33-43)54-50-27-11-9-25-48(50)53(39-18-5-2-6-19-39)49-26-10-12-28-51(49)54/h1-36H. The van der Waals surface area contributed by atoms with Gasteiger partial charge in [-0.25, -0.2) is 0 Å². The molecule has 10 aromatic rings. The zero-order valence-corrected chi connectivity index (χ0v) is 29.8. The van der Waals surface area contributed by atoms with E-state index in [0.29, 0.717) is 0 Å². The highest BCUT2D eigenvalue weighted by Crippen LogP contribution is 2.46. The van der Waals surface area contributed by atoms with Gasteiger partial charge in [0.2, 0.25) is 0 Å². The van der Waals surface area contributed by atoms with Gasteiger partial charge in [0.25, 0.3) is 0 Å². The molecule has 0 heteroatoms. The van der Waals surface area contributed by atoms with Crippen LogP contribution in [0.4, 0.5) is 0 Å². The van der Waals surface area contributed by atoms with Crippen LogP contribution in [-0.4, -0.2) is 0 Å². The second kappa shape index (κ2) is 13.5. The second-order valence-electron chi connectivity index (χ2n) is 14.1. The summed E-state index contributed by atoms with van der Waals surface area (Å²) in [5.41, 5.74) is 14.6. The minimum Gasteiger partial charge on any atom is -0.0622 e. The van der Waals surface area contributed by atoms with Crippen molar-refractivity contribution in [2.45, 2.75) is 0 Å². The lowest BCUT2D eigenvalue weighted by molar-refractivity contribution is 1.56. The molecular weight excluding hydrogens is 649 g/mol. The molecule has 0 spiro atoms. The van der Waals surface area contributed by atoms with Crippen molar-refractivity contribution in [1.29, 1.82) is 0 Å². The Morgan fingerprint density at radius 2 is 0.611 bits per heavy atom. The molecule has 0 fully saturated rings. The highest BCUT2D eigenvalue weighted by molar-refractivity contribution is 6.21. The molecule has 0 saturated heterocycles. The molecule has 0 aliphatic heterocycles. The van der Waals surface area contributed by atoms with Gasteiger partial charge in [-0.05, 0) is 123 Å². The molecule has 0 aromatic heterocycles. The summed E-state index contributed by atoms with van der Waals surface area (Å²) in [6, 6.07) is 79.8. The van der Waals surface area contributed by atoms with E-state index >= 15 is 0 Å². The van der Waals surface area contributed by atoms with Crippen molar-refractivity contribution in [3.63, 3.8) is 0 Å². The third-order valence-corrected chi connectivity index (χ3v) is 10.8. The maximum Gasteiger partial charge on any atom is -0.00261 e. The second-order valence-corrected chi connectivity index (χ2v) is 14.1. The van der Waals surface area contributed by atoms with Crippen molar-refractivity contribution in [3.8, 4) is 66.8 Å². The van der Waals surface area contributed by atoms with E-state index in [2.05, 4.69) is 218 Å². The molecule has 0 heterocycles. The summed E-state index contributed by atoms with van der Waals surface area (Å²) in [6.07, 6.45) is 0. The van der Waals surface area contributed by atoms with Crippen molar-refractivity contribution < 1.29 is 0 Å². The van der Waals surface area contributed by atoms with Crippen molar-refractivity contribution in [3.05, 3.63) is 218 Å². The molecule has 10 aromatic carbocycles. The molecule has 0 saturated carbocycles. The molecule has 10 rings (SSSR count). The van der Waals surface area contributed by atoms with Gasteiger partial charge in [-0.15, -0.1) is 0 Å². The normalized spacial score (nSPS) is 11.3. The molecule has 0 aliphatic rings. The van der Waals surface area contributed by atoms with E-state index in [1.165, 1.54) is 99.1 Å². The van der Waals surface area contributed by atoms with Gasteiger partial charge in [0.1, 0.15) is 0 Å². The van der Waals surface area contributed by atoms with Crippen molar-refractivity contribution in [1.82, 2.24) is 0 Å². The molecule has 54 heavy (non-hydrogen) atoms. The fraction of sp³-hybridized carbons (Fsp3) is 0. The van der Waals surface area contributed by atoms with Gasteiger partial charge in [-0.3, -0.25) is 0 Å². The number of benzene rings is 10. The van der Waals surface area contributed by atoms with E-state index in [1.807, 2.05) is 0 Å². The fourth-order valence-electron chi connectivity index (χ4n) is 8.28. The van der Waals surface area contributed by atoms with Crippen molar-refractivity contribution in [2.24, 2.45) is 0 Å². The Morgan fingerprint density at radius 3 is 1.24 bits per heavy atom. The summed E-state index contributed by atoms with van der Waals surface area (Å²) in [5.74, 6) is 0. The van der Waals surface area contributed by atoms with Crippen LogP contribution >= 0.6 is 0 Å². The predicted molar refractivity (Wildman–Crippen MR) is 232 cm³/mol. The molecule has 252 valence electrons. The Balaban J connectivity index is 1.22. The third kappa shape index (κ3) is 5.66. The zero-order valence-electron chi connectivity index (χ0n) is 29.8. The van der Waals surface area contributed by atoms with Gasteiger partial charge in [-0.1, -0.05) is 194 Å². The van der Waals surface area contributed by atoms with Crippen LogP contribution in [-0.2, 0) is 0 Å². The van der Waals surface area contributed by atoms with Gasteiger partial charge in [-0.2, -0.15) is 0 Å². The Bertz CT molecular complexity index is 2910. The predicted octanol–water partition coefficient (Wildman–Crippen LogP) is 15.1. The number of hydrogen-bond donors (Lipinski definition) is 0. The minimum absolute atomic E-state index is 1.19. The first-order valence-electron chi connectivity index (χ1n) is 18.7. The SMILES string of the molecule is c1ccc(-c2cccc(-c3ccc(-c4c5ccccc5c(-c5ccccc5)c5ccccc45)cc3-c3cccc(-c4ccc5ccccc5c4)c3)c2)cc1. The van der Waals surface area contributed by atoms with E-state index in [-0.39, 0.29) is 0 Å². The number of fused-ring (bicyclic) bond motifs is 3. The molecule has 0 unspecified atom stereocenters. The number of rotatable bonds is 6. The lowest BCUT2D eigenvalue weighted by atomic mass is 9.84. The fourth-order valence-corrected chi connectivity index (χ4v) is 8.28. The Labute approximate surface area is 316 Å². The Hall–Kier alpha value is -7.02. The molecule has 0 amide bonds. The molecule has 0 nitrogen and oxygen atoms in total. The topological polar surface area (TPSA) is 0 Å². The Morgan fingerprint density at radius 1 is 0.185 bits per heavy atom. The largest absolute Gasteiger partial charge is 0.0622 e. The zero-order chi connectivity index (χ0) is 35.8. The lowest BCUT2D eigenvalue weighted by Gasteiger charge is -2.19. The highest BCUT2D eigenvalue weighted by atomic mass is 14.2. The van der Waals surface area contributed by atoms with Crippen LogP contribution in [0.1, 0.15) is 0 Å². The van der Waals surface area contributed by atoms with Crippen LogP contribution in [0.2, 0.25) is 0 Å². The van der Waals surface area contributed by atoms with Crippen LogP contribution in [0, 0.1) is 0 Å². The van der Waals surface area contributed by atoms with Crippen molar-refractivity contribution in [2.75, 3.05) is 0 Å². The maximum atomic E-state index is 2.43. The first kappa shape index (κ1) is 31.7. The van der Waals surface area contributed by atoms with Crippen LogP contribution in [0.15, 0.2) is 218 Å². The molecular formula is C54H36. The molecule has 0 atom stereocenters. The maximum absolute atomic E-state index is 2.43. The van der Waals surface area contributed by atoms with Gasteiger partial charge in [0, 0.05) is 0 Å². The minimum atomic E-state index is 1.19. The van der Waals surface area contributed by atoms with Crippen LogP contribution in [0.25, 0.3) is 99.1 Å². The molecule has 0 aliphatic carbocycles. The van der Waals surface area contributed by atoms with Crippen molar-refractivity contribution >= 4 is 32.3 Å². The average Bonchev–Trinajstić information content (AvgIpc) is 3.26. The number of hydrogen-bond acceptors (Lipinski definition) is 0. The van der Waals surface area contributed by atoms with E-state index in [9.17, 15) is 0 Å². The first-order valence-corrected chi connectivity index (χ1v) is 18.7. The average molecular weight is 685 g/mol. The highest BCUT2D eigenvalue weighted by Gasteiger charge is 2.19. The van der Waals surface area contributed by atoms with Gasteiger partial charge < -0.3 is 0 Å². The van der Waals surface area contributed by atoms with Gasteiger partial charge in [0.05, 0.1) is 0 Å². The molecule has 0 N–H and O–H groups in total. The monoisotopic (exact) mass is 684 g/mol. The third-order valence-electron chi connectivity index (χ3n) is 10.8. The van der Waals surface area contributed by atoms with Gasteiger partial charge >= 0.3 is 0 Å². The summed E-state index contributed by atoms with van der Waals surface area (Å²) in [5, 5.41) is 7.53. The molecule has 0 radical (unpaired) electrons. The van der Waals surface area contributed by atoms with Crippen LogP contribution in [0.3, 0.4) is 0 Å². The quantitative estimate of drug-likeness (QED) is 0.153.